The molecular formula is C20H12I2S2. The largest absolute Gasteiger partial charge is 0.129 e. The van der Waals surface area contributed by atoms with E-state index < -0.39 is 0 Å². The Balaban J connectivity index is 1.59. The minimum absolute atomic E-state index is 1.26. The Morgan fingerprint density at radius 2 is 0.750 bits per heavy atom. The van der Waals surface area contributed by atoms with Gasteiger partial charge in [-0.2, -0.15) is 0 Å². The van der Waals surface area contributed by atoms with E-state index in [2.05, 4.69) is 118 Å². The van der Waals surface area contributed by atoms with Crippen LogP contribution in [0.1, 0.15) is 0 Å². The van der Waals surface area contributed by atoms with Crippen molar-refractivity contribution in [2.75, 3.05) is 0 Å². The standard InChI is InChI=1S/C20H12I2S2/c21-19-11-9-17(23-19)15-5-1-13(2-6-15)14-3-7-16(8-4-14)18-10-12-20(22)24-18/h1-12H. The molecule has 0 aliphatic heterocycles. The molecule has 118 valence electrons. The monoisotopic (exact) mass is 570 g/mol. The van der Waals surface area contributed by atoms with Crippen LogP contribution >= 0.6 is 67.9 Å². The molecule has 0 saturated heterocycles. The molecule has 0 nitrogen and oxygen atoms in total. The first kappa shape index (κ1) is 16.8. The molecule has 0 atom stereocenters. The van der Waals surface area contributed by atoms with Gasteiger partial charge in [0, 0.05) is 9.75 Å². The summed E-state index contributed by atoms with van der Waals surface area (Å²) < 4.78 is 2.65. The van der Waals surface area contributed by atoms with E-state index in [4.69, 9.17) is 0 Å². The van der Waals surface area contributed by atoms with Crippen LogP contribution in [0.5, 0.6) is 0 Å². The first-order chi connectivity index (χ1) is 11.7. The van der Waals surface area contributed by atoms with E-state index in [-0.39, 0.29) is 0 Å². The molecule has 24 heavy (non-hydrogen) atoms. The lowest BCUT2D eigenvalue weighted by Crippen LogP contribution is -1.79. The molecule has 0 unspecified atom stereocenters. The van der Waals surface area contributed by atoms with Crippen molar-refractivity contribution in [3.8, 4) is 32.0 Å². The molecule has 2 aromatic heterocycles. The van der Waals surface area contributed by atoms with Gasteiger partial charge in [-0.15, -0.1) is 22.7 Å². The van der Waals surface area contributed by atoms with Crippen LogP contribution in [0.3, 0.4) is 0 Å². The summed E-state index contributed by atoms with van der Waals surface area (Å²) >= 11 is 8.41. The number of benzene rings is 2. The van der Waals surface area contributed by atoms with E-state index in [9.17, 15) is 0 Å². The quantitative estimate of drug-likeness (QED) is 0.219. The molecule has 0 bridgehead atoms. The summed E-state index contributed by atoms with van der Waals surface area (Å²) in [5.41, 5.74) is 5.10. The van der Waals surface area contributed by atoms with Crippen LogP contribution in [0.4, 0.5) is 0 Å². The third-order valence-electron chi connectivity index (χ3n) is 3.82. The van der Waals surface area contributed by atoms with Crippen molar-refractivity contribution in [1.82, 2.24) is 0 Å². The molecule has 0 amide bonds. The maximum atomic E-state index is 2.37. The Labute approximate surface area is 176 Å². The van der Waals surface area contributed by atoms with Gasteiger partial charge in [-0.25, -0.2) is 0 Å². The second-order valence-electron chi connectivity index (χ2n) is 5.36. The van der Waals surface area contributed by atoms with Gasteiger partial charge in [-0.3, -0.25) is 0 Å². The zero-order chi connectivity index (χ0) is 16.5. The average molecular weight is 570 g/mol. The molecular weight excluding hydrogens is 558 g/mol. The molecule has 0 saturated carbocycles. The van der Waals surface area contributed by atoms with Crippen molar-refractivity contribution in [3.63, 3.8) is 0 Å². The van der Waals surface area contributed by atoms with E-state index in [0.717, 1.165) is 0 Å². The van der Waals surface area contributed by atoms with Gasteiger partial charge in [0.2, 0.25) is 0 Å². The molecule has 4 aromatic rings. The van der Waals surface area contributed by atoms with Crippen molar-refractivity contribution in [3.05, 3.63) is 78.6 Å². The highest BCUT2D eigenvalue weighted by Gasteiger charge is 2.05. The van der Waals surface area contributed by atoms with Gasteiger partial charge < -0.3 is 0 Å². The van der Waals surface area contributed by atoms with Crippen LogP contribution in [-0.2, 0) is 0 Å². The lowest BCUT2D eigenvalue weighted by molar-refractivity contribution is 1.61. The first-order valence-corrected chi connectivity index (χ1v) is 11.2. The third-order valence-corrected chi connectivity index (χ3v) is 7.70. The highest BCUT2D eigenvalue weighted by atomic mass is 127. The summed E-state index contributed by atoms with van der Waals surface area (Å²) in [6, 6.07) is 26.4. The predicted molar refractivity (Wildman–Crippen MR) is 124 cm³/mol. The van der Waals surface area contributed by atoms with Crippen LogP contribution < -0.4 is 0 Å². The van der Waals surface area contributed by atoms with E-state index in [0.29, 0.717) is 0 Å². The zero-order valence-corrected chi connectivity index (χ0v) is 18.4. The van der Waals surface area contributed by atoms with Crippen LogP contribution in [-0.4, -0.2) is 0 Å². The summed E-state index contributed by atoms with van der Waals surface area (Å²) in [6.45, 7) is 0. The van der Waals surface area contributed by atoms with Gasteiger partial charge in [-0.05, 0) is 91.7 Å². The maximum Gasteiger partial charge on any atom is 0.0660 e. The minimum atomic E-state index is 1.26. The molecule has 2 aromatic carbocycles. The highest BCUT2D eigenvalue weighted by Crippen LogP contribution is 2.33. The third kappa shape index (κ3) is 3.61. The fourth-order valence-electron chi connectivity index (χ4n) is 2.59. The topological polar surface area (TPSA) is 0 Å². The molecule has 0 N–H and O–H groups in total. The van der Waals surface area contributed by atoms with E-state index in [1.165, 1.54) is 37.8 Å². The van der Waals surface area contributed by atoms with Crippen LogP contribution in [0.25, 0.3) is 32.0 Å². The molecule has 2 heterocycles. The Morgan fingerprint density at radius 3 is 1.04 bits per heavy atom. The molecule has 4 heteroatoms. The number of thiophene rings is 2. The van der Waals surface area contributed by atoms with Gasteiger partial charge >= 0.3 is 0 Å². The molecule has 0 aliphatic carbocycles. The fraction of sp³-hybridized carbons (Fsp3) is 0. The van der Waals surface area contributed by atoms with Gasteiger partial charge in [0.25, 0.3) is 0 Å². The number of halogens is 2. The summed E-state index contributed by atoms with van der Waals surface area (Å²) in [6.07, 6.45) is 0. The summed E-state index contributed by atoms with van der Waals surface area (Å²) in [4.78, 5) is 2.65. The highest BCUT2D eigenvalue weighted by molar-refractivity contribution is 14.1. The van der Waals surface area contributed by atoms with Gasteiger partial charge in [0.1, 0.15) is 0 Å². The fourth-order valence-corrected chi connectivity index (χ4v) is 5.85. The van der Waals surface area contributed by atoms with Crippen LogP contribution in [0, 0.1) is 5.77 Å². The van der Waals surface area contributed by atoms with Crippen molar-refractivity contribution >= 4 is 67.9 Å². The Hall–Kier alpha value is -0.700. The van der Waals surface area contributed by atoms with Crippen LogP contribution in [0.15, 0.2) is 72.8 Å². The van der Waals surface area contributed by atoms with E-state index >= 15 is 0 Å². The summed E-state index contributed by atoms with van der Waals surface area (Å²) in [5.74, 6) is 0. The summed E-state index contributed by atoms with van der Waals surface area (Å²) in [7, 11) is 0. The van der Waals surface area contributed by atoms with E-state index in [1.807, 2.05) is 22.7 Å². The van der Waals surface area contributed by atoms with Crippen molar-refractivity contribution < 1.29 is 0 Å². The Bertz CT molecular complexity index is 882. The van der Waals surface area contributed by atoms with Gasteiger partial charge in [0.15, 0.2) is 0 Å². The Morgan fingerprint density at radius 1 is 0.417 bits per heavy atom. The Kier molecular flexibility index (Phi) is 5.08. The van der Waals surface area contributed by atoms with Crippen LogP contribution in [0.2, 0.25) is 0 Å². The second kappa shape index (κ2) is 7.27. The molecule has 4 rings (SSSR count). The SMILES string of the molecule is Ic1ccc(-c2ccc(-c3ccc(-c4ccc(I)s4)cc3)cc2)s1. The van der Waals surface area contributed by atoms with Crippen molar-refractivity contribution in [2.45, 2.75) is 0 Å². The number of rotatable bonds is 3. The maximum absolute atomic E-state index is 2.37. The number of hydrogen-bond acceptors (Lipinski definition) is 2. The van der Waals surface area contributed by atoms with Crippen molar-refractivity contribution in [2.24, 2.45) is 0 Å². The lowest BCUT2D eigenvalue weighted by atomic mass is 10.0. The predicted octanol–water partition coefficient (Wildman–Crippen LogP) is 8.02. The number of hydrogen-bond donors (Lipinski definition) is 0. The molecule has 0 aliphatic rings. The van der Waals surface area contributed by atoms with Crippen molar-refractivity contribution in [1.29, 1.82) is 0 Å². The molecule has 0 radical (unpaired) electrons. The second-order valence-corrected chi connectivity index (χ2v) is 11.3. The van der Waals surface area contributed by atoms with Gasteiger partial charge in [-0.1, -0.05) is 48.5 Å². The first-order valence-electron chi connectivity index (χ1n) is 7.41. The van der Waals surface area contributed by atoms with E-state index in [1.54, 1.807) is 0 Å². The molecule has 0 spiro atoms. The average Bonchev–Trinajstić information content (AvgIpc) is 3.24. The zero-order valence-electron chi connectivity index (χ0n) is 12.5. The smallest absolute Gasteiger partial charge is 0.0660 e. The lowest BCUT2D eigenvalue weighted by Gasteiger charge is -2.05. The minimum Gasteiger partial charge on any atom is -0.129 e. The molecule has 0 fully saturated rings. The normalized spacial score (nSPS) is 10.9. The van der Waals surface area contributed by atoms with Gasteiger partial charge in [0.05, 0.1) is 5.77 Å². The summed E-state index contributed by atoms with van der Waals surface area (Å²) in [5, 5.41) is 0.